The Kier molecular flexibility index (Phi) is 6.10. The number of benzene rings is 2. The lowest BCUT2D eigenvalue weighted by Crippen LogP contribution is -2.41. The van der Waals surface area contributed by atoms with Crippen molar-refractivity contribution in [3.05, 3.63) is 59.2 Å². The summed E-state index contributed by atoms with van der Waals surface area (Å²) in [6.07, 6.45) is 0. The predicted octanol–water partition coefficient (Wildman–Crippen LogP) is 3.34. The van der Waals surface area contributed by atoms with Gasteiger partial charge in [0.1, 0.15) is 0 Å². The topological polar surface area (TPSA) is 76.1 Å². The van der Waals surface area contributed by atoms with Gasteiger partial charge in [0, 0.05) is 13.6 Å². The van der Waals surface area contributed by atoms with Crippen molar-refractivity contribution in [3.8, 4) is 11.5 Å². The van der Waals surface area contributed by atoms with Crippen LogP contribution in [0, 0.1) is 0 Å². The molecule has 1 N–H and O–H groups in total. The third-order valence-electron chi connectivity index (χ3n) is 4.61. The maximum Gasteiger partial charge on any atom is 0.335 e. The number of aromatic carboxylic acids is 1. The number of rotatable bonds is 7. The maximum absolute atomic E-state index is 13.1. The summed E-state index contributed by atoms with van der Waals surface area (Å²) in [6, 6.07) is 12.0. The molecule has 0 aliphatic carbocycles. The van der Waals surface area contributed by atoms with E-state index in [-0.39, 0.29) is 11.5 Å². The molecule has 2 rings (SSSR count). The molecule has 0 radical (unpaired) electrons. The molecule has 0 bridgehead atoms. The van der Waals surface area contributed by atoms with E-state index in [9.17, 15) is 9.59 Å². The molecule has 0 saturated carbocycles. The number of amides is 1. The number of carbonyl (C=O) groups excluding carboxylic acids is 1. The van der Waals surface area contributed by atoms with Crippen LogP contribution in [0.5, 0.6) is 11.5 Å². The molecule has 0 fully saturated rings. The lowest BCUT2D eigenvalue weighted by Gasteiger charge is -2.30. The summed E-state index contributed by atoms with van der Waals surface area (Å²) in [7, 11) is 4.86. The molecule has 0 spiro atoms. The third kappa shape index (κ3) is 4.39. The Morgan fingerprint density at radius 1 is 1.00 bits per heavy atom. The van der Waals surface area contributed by atoms with Crippen molar-refractivity contribution in [1.82, 2.24) is 4.90 Å². The van der Waals surface area contributed by atoms with Crippen LogP contribution >= 0.6 is 0 Å². The highest BCUT2D eigenvalue weighted by molar-refractivity contribution is 5.88. The zero-order valence-corrected chi connectivity index (χ0v) is 16.3. The molecule has 0 heterocycles. The number of nitrogens with zero attached hydrogens (tertiary/aromatic N) is 1. The van der Waals surface area contributed by atoms with Crippen LogP contribution in [0.1, 0.15) is 35.3 Å². The van der Waals surface area contributed by atoms with Crippen LogP contribution in [0.15, 0.2) is 42.5 Å². The smallest absolute Gasteiger partial charge is 0.335 e. The molecule has 0 unspecified atom stereocenters. The fraction of sp³-hybridized carbons (Fsp3) is 0.333. The van der Waals surface area contributed by atoms with Crippen molar-refractivity contribution < 1.29 is 24.2 Å². The molecule has 0 aromatic heterocycles. The van der Waals surface area contributed by atoms with E-state index < -0.39 is 11.4 Å². The van der Waals surface area contributed by atoms with Gasteiger partial charge in [-0.1, -0.05) is 18.2 Å². The number of likely N-dealkylation sites (N-methyl/N-ethyl adjacent to an activating group) is 1. The molecule has 0 aliphatic heterocycles. The van der Waals surface area contributed by atoms with Crippen molar-refractivity contribution in [2.24, 2.45) is 0 Å². The van der Waals surface area contributed by atoms with Gasteiger partial charge in [-0.2, -0.15) is 0 Å². The zero-order valence-electron chi connectivity index (χ0n) is 16.3. The lowest BCUT2D eigenvalue weighted by molar-refractivity contribution is -0.135. The summed E-state index contributed by atoms with van der Waals surface area (Å²) in [6.45, 7) is 4.11. The van der Waals surface area contributed by atoms with E-state index >= 15 is 0 Å². The average molecular weight is 371 g/mol. The number of methoxy groups -OCH3 is 2. The van der Waals surface area contributed by atoms with E-state index in [2.05, 4.69) is 0 Å². The van der Waals surface area contributed by atoms with Crippen molar-refractivity contribution in [1.29, 1.82) is 0 Å². The second-order valence-corrected chi connectivity index (χ2v) is 6.86. The van der Waals surface area contributed by atoms with Crippen molar-refractivity contribution >= 4 is 11.9 Å². The molecule has 1 amide bonds. The molecule has 6 heteroatoms. The van der Waals surface area contributed by atoms with Gasteiger partial charge in [-0.05, 0) is 49.2 Å². The highest BCUT2D eigenvalue weighted by Gasteiger charge is 2.33. The Balaban J connectivity index is 2.20. The summed E-state index contributed by atoms with van der Waals surface area (Å²) >= 11 is 0. The highest BCUT2D eigenvalue weighted by atomic mass is 16.5. The minimum absolute atomic E-state index is 0.0583. The maximum atomic E-state index is 13.1. The van der Waals surface area contributed by atoms with Crippen LogP contribution in [0.3, 0.4) is 0 Å². The summed E-state index contributed by atoms with van der Waals surface area (Å²) in [4.78, 5) is 25.6. The molecule has 27 heavy (non-hydrogen) atoms. The molecule has 144 valence electrons. The van der Waals surface area contributed by atoms with E-state index in [1.54, 1.807) is 44.4 Å². The van der Waals surface area contributed by atoms with Crippen molar-refractivity contribution in [2.45, 2.75) is 25.8 Å². The summed E-state index contributed by atoms with van der Waals surface area (Å²) < 4.78 is 10.6. The average Bonchev–Trinajstić information content (AvgIpc) is 2.66. The van der Waals surface area contributed by atoms with E-state index in [0.717, 1.165) is 11.1 Å². The van der Waals surface area contributed by atoms with Gasteiger partial charge in [-0.3, -0.25) is 4.79 Å². The van der Waals surface area contributed by atoms with Crippen LogP contribution in [-0.4, -0.2) is 43.2 Å². The first-order valence-corrected chi connectivity index (χ1v) is 8.51. The number of ether oxygens (including phenoxy) is 2. The molecule has 2 aromatic rings. The normalized spacial score (nSPS) is 11.0. The number of carbonyl (C=O) groups is 2. The molecule has 0 saturated heterocycles. The third-order valence-corrected chi connectivity index (χ3v) is 4.61. The van der Waals surface area contributed by atoms with E-state index in [0.29, 0.717) is 18.0 Å². The molecule has 0 aliphatic rings. The molecular formula is C21H25NO5. The number of carboxylic acid groups (broad SMARTS) is 1. The number of hydrogen-bond donors (Lipinski definition) is 1. The van der Waals surface area contributed by atoms with Crippen LogP contribution in [-0.2, 0) is 16.8 Å². The second kappa shape index (κ2) is 8.12. The van der Waals surface area contributed by atoms with Gasteiger partial charge < -0.3 is 19.5 Å². The minimum Gasteiger partial charge on any atom is -0.493 e. The lowest BCUT2D eigenvalue weighted by atomic mass is 9.83. The summed E-state index contributed by atoms with van der Waals surface area (Å²) in [5.41, 5.74) is 1.13. The fourth-order valence-electron chi connectivity index (χ4n) is 2.92. The van der Waals surface area contributed by atoms with Gasteiger partial charge in [-0.25, -0.2) is 4.79 Å². The van der Waals surface area contributed by atoms with Gasteiger partial charge in [-0.15, -0.1) is 0 Å². The minimum atomic E-state index is -0.972. The van der Waals surface area contributed by atoms with Crippen molar-refractivity contribution in [3.63, 3.8) is 0 Å². The Bertz CT molecular complexity index is 827. The van der Waals surface area contributed by atoms with Gasteiger partial charge in [0.2, 0.25) is 5.91 Å². The second-order valence-electron chi connectivity index (χ2n) is 6.86. The molecule has 0 atom stereocenters. The van der Waals surface area contributed by atoms with E-state index in [4.69, 9.17) is 14.6 Å². The number of hydrogen-bond acceptors (Lipinski definition) is 4. The molecule has 6 nitrogen and oxygen atoms in total. The molecular weight excluding hydrogens is 346 g/mol. The summed E-state index contributed by atoms with van der Waals surface area (Å²) in [5, 5.41) is 8.97. The van der Waals surface area contributed by atoms with Crippen LogP contribution in [0.2, 0.25) is 0 Å². The SMILES string of the molecule is COc1ccc(C(C)(C)C(=O)N(C)Cc2ccc(C(=O)O)cc2)cc1OC. The van der Waals surface area contributed by atoms with Gasteiger partial charge >= 0.3 is 5.97 Å². The summed E-state index contributed by atoms with van der Waals surface area (Å²) in [5.74, 6) is 0.150. The fourth-order valence-corrected chi connectivity index (χ4v) is 2.92. The first-order valence-electron chi connectivity index (χ1n) is 8.51. The molecule has 2 aromatic carbocycles. The van der Waals surface area contributed by atoms with Crippen molar-refractivity contribution in [2.75, 3.05) is 21.3 Å². The Labute approximate surface area is 159 Å². The first kappa shape index (κ1) is 20.3. The Morgan fingerprint density at radius 3 is 2.11 bits per heavy atom. The van der Waals surface area contributed by atoms with Crippen LogP contribution < -0.4 is 9.47 Å². The van der Waals surface area contributed by atoms with Gasteiger partial charge in [0.25, 0.3) is 0 Å². The predicted molar refractivity (Wildman–Crippen MR) is 102 cm³/mol. The van der Waals surface area contributed by atoms with Gasteiger partial charge in [0.15, 0.2) is 11.5 Å². The van der Waals surface area contributed by atoms with Crippen LogP contribution in [0.25, 0.3) is 0 Å². The highest BCUT2D eigenvalue weighted by Crippen LogP contribution is 2.34. The Morgan fingerprint density at radius 2 is 1.59 bits per heavy atom. The van der Waals surface area contributed by atoms with Crippen LogP contribution in [0.4, 0.5) is 0 Å². The zero-order chi connectivity index (χ0) is 20.2. The van der Waals surface area contributed by atoms with E-state index in [1.807, 2.05) is 26.0 Å². The first-order chi connectivity index (χ1) is 12.7. The van der Waals surface area contributed by atoms with Gasteiger partial charge in [0.05, 0.1) is 25.2 Å². The standard InChI is InChI=1S/C21H25NO5/c1-21(2,16-10-11-17(26-4)18(12-16)27-5)20(25)22(3)13-14-6-8-15(9-7-14)19(23)24/h6-12H,13H2,1-5H3,(H,23,24). The number of carboxylic acids is 1. The monoisotopic (exact) mass is 371 g/mol. The van der Waals surface area contributed by atoms with E-state index in [1.165, 1.54) is 12.1 Å². The Hall–Kier alpha value is -3.02. The quantitative estimate of drug-likeness (QED) is 0.808. The largest absolute Gasteiger partial charge is 0.493 e.